The topological polar surface area (TPSA) is 115 Å². The van der Waals surface area contributed by atoms with E-state index in [9.17, 15) is 14.7 Å². The molecule has 220 valence electrons. The highest BCUT2D eigenvalue weighted by molar-refractivity contribution is 5.90. The number of hydrogen-bond acceptors (Lipinski definition) is 9. The first-order chi connectivity index (χ1) is 20.1. The number of methoxy groups -OCH3 is 1. The average Bonchev–Trinajstić information content (AvgIpc) is 3.62. The number of benzene rings is 1. The van der Waals surface area contributed by atoms with Gasteiger partial charge < -0.3 is 38.9 Å². The van der Waals surface area contributed by atoms with Crippen LogP contribution in [0.25, 0.3) is 22.3 Å². The van der Waals surface area contributed by atoms with Crippen molar-refractivity contribution < 1.29 is 24.1 Å². The third-order valence-electron chi connectivity index (χ3n) is 8.01. The third kappa shape index (κ3) is 5.74. The van der Waals surface area contributed by atoms with Gasteiger partial charge in [-0.1, -0.05) is 20.3 Å². The van der Waals surface area contributed by atoms with Crippen LogP contribution in [-0.2, 0) is 29.2 Å². The molecule has 1 fully saturated rings. The number of ether oxygens (including phenoxy) is 3. The summed E-state index contributed by atoms with van der Waals surface area (Å²) in [5.41, 5.74) is 4.23. The number of fused-ring (bicyclic) bond motifs is 5. The summed E-state index contributed by atoms with van der Waals surface area (Å²) in [5, 5.41) is 15.0. The third-order valence-corrected chi connectivity index (χ3v) is 8.01. The van der Waals surface area contributed by atoms with Crippen LogP contribution in [0.2, 0.25) is 0 Å². The molecule has 1 unspecified atom stereocenters. The standard InChI is InChI=1S/C29H34N4O6.C2H6/c1-37-16-22-19(25(35)15-34)10-24-28-21(14-33(24)29(22)36)20(13-30-6-5-9-32-7-3-2-4-8-32)18-11-26-27(39-17-38-26)12-23(18)31-28;1-2/h10-12,15,25,30,35H,2-9,13-14,16-17H2,1H3;1-2H3. The Kier molecular flexibility index (Phi) is 9.34. The van der Waals surface area contributed by atoms with Crippen molar-refractivity contribution in [3.05, 3.63) is 50.8 Å². The Morgan fingerprint density at radius 2 is 1.88 bits per heavy atom. The van der Waals surface area contributed by atoms with Crippen molar-refractivity contribution in [3.63, 3.8) is 0 Å². The zero-order valence-electron chi connectivity index (χ0n) is 24.2. The summed E-state index contributed by atoms with van der Waals surface area (Å²) in [6, 6.07) is 5.54. The summed E-state index contributed by atoms with van der Waals surface area (Å²) in [6.45, 7) is 9.47. The number of carbonyl (C=O) groups excluding carboxylic acids is 1. The second-order valence-electron chi connectivity index (χ2n) is 10.4. The predicted molar refractivity (Wildman–Crippen MR) is 156 cm³/mol. The first kappa shape index (κ1) is 29.2. The van der Waals surface area contributed by atoms with Crippen LogP contribution < -0.4 is 20.3 Å². The van der Waals surface area contributed by atoms with Crippen molar-refractivity contribution in [1.82, 2.24) is 19.8 Å². The minimum absolute atomic E-state index is 0.00206. The van der Waals surface area contributed by atoms with E-state index in [0.717, 1.165) is 41.5 Å². The molecule has 3 aromatic rings. The highest BCUT2D eigenvalue weighted by Gasteiger charge is 2.30. The molecule has 1 aromatic carbocycles. The molecular formula is C31H40N4O6. The largest absolute Gasteiger partial charge is 0.454 e. The number of rotatable bonds is 10. The quantitative estimate of drug-likeness (QED) is 0.221. The molecule has 0 aliphatic carbocycles. The number of likely N-dealkylation sites (tertiary alicyclic amines) is 1. The fourth-order valence-corrected chi connectivity index (χ4v) is 6.01. The average molecular weight is 565 g/mol. The summed E-state index contributed by atoms with van der Waals surface area (Å²) >= 11 is 0. The summed E-state index contributed by atoms with van der Waals surface area (Å²) < 4.78 is 18.2. The summed E-state index contributed by atoms with van der Waals surface area (Å²) in [7, 11) is 1.48. The van der Waals surface area contributed by atoms with E-state index in [2.05, 4.69) is 10.2 Å². The predicted octanol–water partition coefficient (Wildman–Crippen LogP) is 3.52. The lowest BCUT2D eigenvalue weighted by atomic mass is 9.99. The van der Waals surface area contributed by atoms with E-state index in [1.54, 1.807) is 10.6 Å². The minimum Gasteiger partial charge on any atom is -0.454 e. The van der Waals surface area contributed by atoms with Gasteiger partial charge in [-0.25, -0.2) is 4.98 Å². The lowest BCUT2D eigenvalue weighted by Gasteiger charge is -2.26. The van der Waals surface area contributed by atoms with Gasteiger partial charge in [-0.05, 0) is 63.1 Å². The summed E-state index contributed by atoms with van der Waals surface area (Å²) in [5.74, 6) is 1.32. The molecule has 0 bridgehead atoms. The number of aromatic nitrogens is 2. The van der Waals surface area contributed by atoms with Crippen LogP contribution in [-0.4, -0.2) is 65.9 Å². The van der Waals surface area contributed by atoms with Crippen LogP contribution in [0.1, 0.15) is 67.9 Å². The van der Waals surface area contributed by atoms with Crippen molar-refractivity contribution in [2.75, 3.05) is 40.1 Å². The second-order valence-corrected chi connectivity index (χ2v) is 10.4. The van der Waals surface area contributed by atoms with E-state index >= 15 is 0 Å². The number of aliphatic hydroxyl groups is 1. The molecule has 2 aromatic heterocycles. The molecule has 10 heteroatoms. The minimum atomic E-state index is -1.42. The van der Waals surface area contributed by atoms with E-state index in [4.69, 9.17) is 19.2 Å². The highest BCUT2D eigenvalue weighted by atomic mass is 16.7. The van der Waals surface area contributed by atoms with Gasteiger partial charge in [-0.3, -0.25) is 4.79 Å². The van der Waals surface area contributed by atoms with E-state index in [0.29, 0.717) is 42.3 Å². The van der Waals surface area contributed by atoms with E-state index in [1.165, 1.54) is 39.5 Å². The van der Waals surface area contributed by atoms with Gasteiger partial charge in [0.05, 0.1) is 30.1 Å². The fraction of sp³-hybridized carbons (Fsp3) is 0.516. The SMILES string of the molecule is CC.COCc1c(C(O)C=O)cc2n(c1=O)Cc1c-2nc2cc3c(cc2c1CNCCCN1CCCCC1)OCO3. The second kappa shape index (κ2) is 13.1. The number of nitrogens with zero attached hydrogens (tertiary/aromatic N) is 3. The Hall–Kier alpha value is -3.31. The number of aldehydes is 1. The van der Waals surface area contributed by atoms with Crippen LogP contribution in [0.4, 0.5) is 0 Å². The van der Waals surface area contributed by atoms with Crippen LogP contribution in [0.3, 0.4) is 0 Å². The summed E-state index contributed by atoms with van der Waals surface area (Å²) in [4.78, 5) is 32.5. The van der Waals surface area contributed by atoms with Gasteiger partial charge in [-0.15, -0.1) is 0 Å². The van der Waals surface area contributed by atoms with E-state index < -0.39 is 6.10 Å². The number of carbonyl (C=O) groups is 1. The van der Waals surface area contributed by atoms with E-state index in [1.807, 2.05) is 26.0 Å². The molecule has 2 N–H and O–H groups in total. The maximum absolute atomic E-state index is 13.5. The van der Waals surface area contributed by atoms with Gasteiger partial charge in [0.15, 0.2) is 17.8 Å². The van der Waals surface area contributed by atoms with Gasteiger partial charge in [0.2, 0.25) is 6.79 Å². The maximum Gasteiger partial charge on any atom is 0.257 e. The molecule has 41 heavy (non-hydrogen) atoms. The van der Waals surface area contributed by atoms with Gasteiger partial charge in [0.1, 0.15) is 6.10 Å². The molecule has 0 saturated carbocycles. The molecule has 1 saturated heterocycles. The van der Waals surface area contributed by atoms with E-state index in [-0.39, 0.29) is 30.1 Å². The Bertz CT molecular complexity index is 1460. The van der Waals surface area contributed by atoms with Gasteiger partial charge in [0.25, 0.3) is 5.56 Å². The van der Waals surface area contributed by atoms with Crippen LogP contribution in [0, 0.1) is 0 Å². The molecule has 0 spiro atoms. The molecule has 0 radical (unpaired) electrons. The van der Waals surface area contributed by atoms with Crippen LogP contribution >= 0.6 is 0 Å². The number of pyridine rings is 2. The molecule has 6 rings (SSSR count). The van der Waals surface area contributed by atoms with Gasteiger partial charge in [-0.2, -0.15) is 0 Å². The van der Waals surface area contributed by atoms with Crippen molar-refractivity contribution in [3.8, 4) is 22.9 Å². The molecule has 10 nitrogen and oxygen atoms in total. The fourth-order valence-electron chi connectivity index (χ4n) is 6.01. The molecule has 1 atom stereocenters. The number of aliphatic hydroxyl groups excluding tert-OH is 1. The lowest BCUT2D eigenvalue weighted by molar-refractivity contribution is -0.115. The Morgan fingerprint density at radius 3 is 2.61 bits per heavy atom. The Labute approximate surface area is 240 Å². The number of nitrogens with one attached hydrogen (secondary N) is 1. The van der Waals surface area contributed by atoms with Crippen molar-refractivity contribution in [2.45, 2.75) is 65.3 Å². The first-order valence-electron chi connectivity index (χ1n) is 14.7. The highest BCUT2D eigenvalue weighted by Crippen LogP contribution is 2.41. The zero-order valence-corrected chi connectivity index (χ0v) is 24.2. The first-order valence-corrected chi connectivity index (χ1v) is 14.7. The smallest absolute Gasteiger partial charge is 0.257 e. The molecular weight excluding hydrogens is 524 g/mol. The molecule has 5 heterocycles. The van der Waals surface area contributed by atoms with Crippen LogP contribution in [0.15, 0.2) is 23.0 Å². The van der Waals surface area contributed by atoms with Gasteiger partial charge in [0, 0.05) is 41.8 Å². The normalized spacial score (nSPS) is 16.2. The molecule has 3 aliphatic rings. The summed E-state index contributed by atoms with van der Waals surface area (Å²) in [6.07, 6.45) is 3.97. The lowest BCUT2D eigenvalue weighted by Crippen LogP contribution is -2.32. The van der Waals surface area contributed by atoms with Crippen molar-refractivity contribution in [2.24, 2.45) is 0 Å². The van der Waals surface area contributed by atoms with Crippen LogP contribution in [0.5, 0.6) is 11.5 Å². The van der Waals surface area contributed by atoms with Crippen molar-refractivity contribution >= 4 is 17.2 Å². The number of hydrogen-bond donors (Lipinski definition) is 2. The Morgan fingerprint density at radius 1 is 1.12 bits per heavy atom. The van der Waals surface area contributed by atoms with Gasteiger partial charge >= 0.3 is 0 Å². The monoisotopic (exact) mass is 564 g/mol. The number of piperidine rings is 1. The molecule has 0 amide bonds. The zero-order chi connectivity index (χ0) is 28.9. The Balaban J connectivity index is 0.00000165. The maximum atomic E-state index is 13.5. The van der Waals surface area contributed by atoms with Crippen molar-refractivity contribution in [1.29, 1.82) is 0 Å². The molecule has 3 aliphatic heterocycles.